The van der Waals surface area contributed by atoms with Crippen molar-refractivity contribution in [1.29, 1.82) is 0 Å². The minimum atomic E-state index is -0.416. The standard InChI is InChI=1S/C29H34N2O7/c1-34-26-11-6-20(17-27(26)35-2)16-25-24-19-29(37-4)28(36-3)18-21(24)12-14-30(25)13-5-15-38-23-9-7-22(8-10-23)31(32)33/h6-11,17-19,25H,5,12-16H2,1-4H3. The van der Waals surface area contributed by atoms with Crippen molar-refractivity contribution in [2.75, 3.05) is 48.1 Å². The van der Waals surface area contributed by atoms with Crippen molar-refractivity contribution in [3.63, 3.8) is 0 Å². The van der Waals surface area contributed by atoms with Crippen molar-refractivity contribution < 1.29 is 28.6 Å². The Morgan fingerprint density at radius 2 is 1.53 bits per heavy atom. The largest absolute Gasteiger partial charge is 0.494 e. The molecule has 0 spiro atoms. The lowest BCUT2D eigenvalue weighted by molar-refractivity contribution is -0.384. The number of fused-ring (bicyclic) bond motifs is 1. The van der Waals surface area contributed by atoms with Gasteiger partial charge in [0.15, 0.2) is 23.0 Å². The van der Waals surface area contributed by atoms with Crippen molar-refractivity contribution in [3.8, 4) is 28.7 Å². The van der Waals surface area contributed by atoms with Gasteiger partial charge in [0.1, 0.15) is 5.75 Å². The van der Waals surface area contributed by atoms with Crippen LogP contribution in [0.2, 0.25) is 0 Å². The molecular weight excluding hydrogens is 488 g/mol. The molecule has 0 aliphatic carbocycles. The Bertz CT molecular complexity index is 1250. The van der Waals surface area contributed by atoms with Crippen molar-refractivity contribution in [2.45, 2.75) is 25.3 Å². The number of hydrogen-bond donors (Lipinski definition) is 0. The molecule has 1 aliphatic heterocycles. The SMILES string of the molecule is COc1ccc(CC2c3cc(OC)c(OC)cc3CCN2CCCOc2ccc([N+](=O)[O-])cc2)cc1OC. The minimum Gasteiger partial charge on any atom is -0.494 e. The van der Waals surface area contributed by atoms with Gasteiger partial charge in [-0.1, -0.05) is 6.07 Å². The molecule has 0 fully saturated rings. The predicted molar refractivity (Wildman–Crippen MR) is 144 cm³/mol. The van der Waals surface area contributed by atoms with E-state index in [1.165, 1.54) is 23.3 Å². The van der Waals surface area contributed by atoms with Gasteiger partial charge < -0.3 is 23.7 Å². The van der Waals surface area contributed by atoms with E-state index < -0.39 is 4.92 Å². The Balaban J connectivity index is 1.52. The summed E-state index contributed by atoms with van der Waals surface area (Å²) in [6, 6.07) is 16.5. The van der Waals surface area contributed by atoms with E-state index in [2.05, 4.69) is 23.1 Å². The fraction of sp³-hybridized carbons (Fsp3) is 0.379. The van der Waals surface area contributed by atoms with Gasteiger partial charge in [0.2, 0.25) is 0 Å². The molecule has 0 bridgehead atoms. The zero-order valence-electron chi connectivity index (χ0n) is 22.3. The number of nitro benzene ring substituents is 1. The zero-order valence-corrected chi connectivity index (χ0v) is 22.3. The van der Waals surface area contributed by atoms with Crippen molar-refractivity contribution in [2.24, 2.45) is 0 Å². The summed E-state index contributed by atoms with van der Waals surface area (Å²) in [7, 11) is 6.59. The number of rotatable bonds is 12. The monoisotopic (exact) mass is 522 g/mol. The first-order valence-corrected chi connectivity index (χ1v) is 12.5. The van der Waals surface area contributed by atoms with Crippen LogP contribution in [-0.2, 0) is 12.8 Å². The van der Waals surface area contributed by atoms with Gasteiger partial charge in [0, 0.05) is 31.3 Å². The maximum Gasteiger partial charge on any atom is 0.269 e. The topological polar surface area (TPSA) is 92.5 Å². The number of ether oxygens (including phenoxy) is 5. The van der Waals surface area contributed by atoms with E-state index in [0.29, 0.717) is 29.6 Å². The first-order valence-electron chi connectivity index (χ1n) is 12.5. The Kier molecular flexibility index (Phi) is 8.91. The number of nitro groups is 1. The van der Waals surface area contributed by atoms with Gasteiger partial charge in [-0.25, -0.2) is 0 Å². The van der Waals surface area contributed by atoms with Crippen LogP contribution in [0.4, 0.5) is 5.69 Å². The highest BCUT2D eigenvalue weighted by Crippen LogP contribution is 2.40. The molecule has 0 radical (unpaired) electrons. The number of nitrogens with zero attached hydrogens (tertiary/aromatic N) is 2. The van der Waals surface area contributed by atoms with E-state index in [-0.39, 0.29) is 11.7 Å². The average Bonchev–Trinajstić information content (AvgIpc) is 2.95. The quantitative estimate of drug-likeness (QED) is 0.181. The molecule has 1 atom stereocenters. The van der Waals surface area contributed by atoms with E-state index in [1.54, 1.807) is 40.6 Å². The summed E-state index contributed by atoms with van der Waals surface area (Å²) in [6.45, 7) is 2.24. The van der Waals surface area contributed by atoms with E-state index >= 15 is 0 Å². The maximum absolute atomic E-state index is 10.9. The van der Waals surface area contributed by atoms with Gasteiger partial charge in [-0.15, -0.1) is 0 Å². The van der Waals surface area contributed by atoms with Gasteiger partial charge in [-0.2, -0.15) is 0 Å². The summed E-state index contributed by atoms with van der Waals surface area (Å²) in [5.74, 6) is 3.48. The summed E-state index contributed by atoms with van der Waals surface area (Å²) in [5.41, 5.74) is 3.67. The smallest absolute Gasteiger partial charge is 0.269 e. The second kappa shape index (κ2) is 12.5. The van der Waals surface area contributed by atoms with Crippen LogP contribution in [0.3, 0.4) is 0 Å². The maximum atomic E-state index is 10.9. The van der Waals surface area contributed by atoms with Gasteiger partial charge in [-0.3, -0.25) is 15.0 Å². The minimum absolute atomic E-state index is 0.0504. The van der Waals surface area contributed by atoms with Gasteiger partial charge in [0.05, 0.1) is 40.0 Å². The molecule has 4 rings (SSSR count). The molecule has 38 heavy (non-hydrogen) atoms. The van der Waals surface area contributed by atoms with Crippen LogP contribution in [0.15, 0.2) is 54.6 Å². The molecule has 0 aromatic heterocycles. The van der Waals surface area contributed by atoms with Gasteiger partial charge in [-0.05, 0) is 72.4 Å². The van der Waals surface area contributed by atoms with Crippen LogP contribution in [0.1, 0.15) is 29.2 Å². The normalized spacial score (nSPS) is 14.9. The molecule has 1 aliphatic rings. The fourth-order valence-corrected chi connectivity index (χ4v) is 4.94. The molecule has 1 unspecified atom stereocenters. The molecule has 1 heterocycles. The third-order valence-corrected chi connectivity index (χ3v) is 6.90. The summed E-state index contributed by atoms with van der Waals surface area (Å²) in [6.07, 6.45) is 2.50. The molecule has 0 N–H and O–H groups in total. The summed E-state index contributed by atoms with van der Waals surface area (Å²) < 4.78 is 28.0. The first-order chi connectivity index (χ1) is 18.5. The highest BCUT2D eigenvalue weighted by Gasteiger charge is 2.29. The third kappa shape index (κ3) is 6.11. The molecule has 202 valence electrons. The fourth-order valence-electron chi connectivity index (χ4n) is 4.94. The average molecular weight is 523 g/mol. The molecule has 9 heteroatoms. The van der Waals surface area contributed by atoms with Crippen LogP contribution in [0.5, 0.6) is 28.7 Å². The second-order valence-corrected chi connectivity index (χ2v) is 9.05. The van der Waals surface area contributed by atoms with Crippen LogP contribution in [-0.4, -0.2) is 58.0 Å². The second-order valence-electron chi connectivity index (χ2n) is 9.05. The Morgan fingerprint density at radius 3 is 2.18 bits per heavy atom. The Labute approximate surface area is 223 Å². The molecular formula is C29H34N2O7. The molecule has 9 nitrogen and oxygen atoms in total. The molecule has 0 saturated heterocycles. The highest BCUT2D eigenvalue weighted by atomic mass is 16.6. The van der Waals surface area contributed by atoms with E-state index in [0.717, 1.165) is 43.7 Å². The van der Waals surface area contributed by atoms with Crippen LogP contribution >= 0.6 is 0 Å². The lowest BCUT2D eigenvalue weighted by Crippen LogP contribution is -2.37. The van der Waals surface area contributed by atoms with E-state index in [1.807, 2.05) is 12.1 Å². The van der Waals surface area contributed by atoms with Gasteiger partial charge >= 0.3 is 0 Å². The van der Waals surface area contributed by atoms with E-state index in [4.69, 9.17) is 23.7 Å². The highest BCUT2D eigenvalue weighted by molar-refractivity contribution is 5.50. The molecule has 0 saturated carbocycles. The van der Waals surface area contributed by atoms with Gasteiger partial charge in [0.25, 0.3) is 5.69 Å². The zero-order chi connectivity index (χ0) is 27.1. The lowest BCUT2D eigenvalue weighted by atomic mass is 9.88. The Hall–Kier alpha value is -3.98. The molecule has 3 aromatic carbocycles. The van der Waals surface area contributed by atoms with Crippen molar-refractivity contribution in [3.05, 3.63) is 81.4 Å². The number of methoxy groups -OCH3 is 4. The van der Waals surface area contributed by atoms with Crippen LogP contribution in [0.25, 0.3) is 0 Å². The number of benzene rings is 3. The van der Waals surface area contributed by atoms with Crippen LogP contribution < -0.4 is 23.7 Å². The summed E-state index contributed by atoms with van der Waals surface area (Å²) in [4.78, 5) is 12.9. The van der Waals surface area contributed by atoms with Crippen molar-refractivity contribution >= 4 is 5.69 Å². The number of hydrogen-bond acceptors (Lipinski definition) is 8. The summed E-state index contributed by atoms with van der Waals surface area (Å²) in [5, 5.41) is 10.9. The van der Waals surface area contributed by atoms with E-state index in [9.17, 15) is 10.1 Å². The summed E-state index contributed by atoms with van der Waals surface area (Å²) >= 11 is 0. The molecule has 0 amide bonds. The lowest BCUT2D eigenvalue weighted by Gasteiger charge is -2.38. The first kappa shape index (κ1) is 27.1. The molecule has 3 aromatic rings. The predicted octanol–water partition coefficient (Wildman–Crippen LogP) is 5.24. The number of non-ortho nitro benzene ring substituents is 1. The van der Waals surface area contributed by atoms with Crippen molar-refractivity contribution in [1.82, 2.24) is 4.90 Å². The third-order valence-electron chi connectivity index (χ3n) is 6.90. The van der Waals surface area contributed by atoms with Crippen LogP contribution in [0, 0.1) is 10.1 Å². The Morgan fingerprint density at radius 1 is 0.868 bits per heavy atom.